The molecule has 114 valence electrons. The lowest BCUT2D eigenvalue weighted by Gasteiger charge is -2.08. The normalized spacial score (nSPS) is 15.7. The Morgan fingerprint density at radius 3 is 2.80 bits per heavy atom. The van der Waals surface area contributed by atoms with Crippen LogP contribution in [0.1, 0.15) is 50.3 Å². The van der Waals surface area contributed by atoms with Gasteiger partial charge in [0.15, 0.2) is 0 Å². The fourth-order valence-electron chi connectivity index (χ4n) is 2.06. The van der Waals surface area contributed by atoms with Crippen molar-refractivity contribution in [1.29, 1.82) is 0 Å². The molecule has 2 N–H and O–H groups in total. The van der Waals surface area contributed by atoms with Crippen molar-refractivity contribution in [2.24, 2.45) is 0 Å². The molecule has 0 saturated heterocycles. The zero-order chi connectivity index (χ0) is 14.4. The minimum absolute atomic E-state index is 0.450. The molecule has 20 heavy (non-hydrogen) atoms. The summed E-state index contributed by atoms with van der Waals surface area (Å²) in [6.07, 6.45) is 6.74. The minimum Gasteiger partial charge on any atom is -0.309 e. The highest BCUT2D eigenvalue weighted by Gasteiger charge is 2.23. The van der Waals surface area contributed by atoms with Crippen molar-refractivity contribution < 1.29 is 8.42 Å². The Kier molecular flexibility index (Phi) is 6.01. The maximum atomic E-state index is 12.3. The molecular formula is C14H24N2O2S2. The van der Waals surface area contributed by atoms with Crippen LogP contribution in [0.2, 0.25) is 0 Å². The molecule has 0 unspecified atom stereocenters. The highest BCUT2D eigenvalue weighted by atomic mass is 32.2. The van der Waals surface area contributed by atoms with Gasteiger partial charge in [-0.15, -0.1) is 11.3 Å². The monoisotopic (exact) mass is 316 g/mol. The summed E-state index contributed by atoms with van der Waals surface area (Å²) >= 11 is 1.51. The van der Waals surface area contributed by atoms with E-state index in [1.165, 1.54) is 24.2 Å². The van der Waals surface area contributed by atoms with Crippen LogP contribution in [0.5, 0.6) is 0 Å². The van der Waals surface area contributed by atoms with Crippen molar-refractivity contribution in [3.05, 3.63) is 16.3 Å². The predicted molar refractivity (Wildman–Crippen MR) is 83.5 cm³/mol. The van der Waals surface area contributed by atoms with E-state index in [4.69, 9.17) is 0 Å². The molecule has 0 aliphatic heterocycles. The number of hydrogen-bond donors (Lipinski definition) is 2. The van der Waals surface area contributed by atoms with E-state index in [2.05, 4.69) is 17.0 Å². The smallest absolute Gasteiger partial charge is 0.241 e. The van der Waals surface area contributed by atoms with E-state index in [-0.39, 0.29) is 0 Å². The van der Waals surface area contributed by atoms with Gasteiger partial charge in [0.05, 0.1) is 4.90 Å². The van der Waals surface area contributed by atoms with Crippen LogP contribution in [-0.4, -0.2) is 21.0 Å². The van der Waals surface area contributed by atoms with E-state index in [9.17, 15) is 8.42 Å². The van der Waals surface area contributed by atoms with Crippen LogP contribution >= 0.6 is 11.3 Å². The molecule has 1 saturated carbocycles. The van der Waals surface area contributed by atoms with Crippen molar-refractivity contribution in [3.8, 4) is 0 Å². The molecule has 1 aliphatic carbocycles. The van der Waals surface area contributed by atoms with Gasteiger partial charge in [0, 0.05) is 24.0 Å². The topological polar surface area (TPSA) is 58.2 Å². The molecule has 0 atom stereocenters. The average molecular weight is 316 g/mol. The van der Waals surface area contributed by atoms with Crippen LogP contribution in [0.15, 0.2) is 16.3 Å². The maximum absolute atomic E-state index is 12.3. The summed E-state index contributed by atoms with van der Waals surface area (Å²) in [5.74, 6) is 0. The molecule has 2 rings (SSSR count). The van der Waals surface area contributed by atoms with E-state index in [0.717, 1.165) is 30.6 Å². The molecule has 0 amide bonds. The van der Waals surface area contributed by atoms with Crippen LogP contribution in [0.25, 0.3) is 0 Å². The minimum atomic E-state index is -3.34. The second-order valence-corrected chi connectivity index (χ2v) is 8.06. The molecule has 1 aromatic rings. The van der Waals surface area contributed by atoms with Gasteiger partial charge < -0.3 is 5.32 Å². The van der Waals surface area contributed by atoms with Gasteiger partial charge >= 0.3 is 0 Å². The Morgan fingerprint density at radius 2 is 2.10 bits per heavy atom. The third kappa shape index (κ3) is 4.84. The van der Waals surface area contributed by atoms with Crippen LogP contribution < -0.4 is 10.0 Å². The maximum Gasteiger partial charge on any atom is 0.241 e. The first-order valence-electron chi connectivity index (χ1n) is 7.43. The van der Waals surface area contributed by atoms with Crippen molar-refractivity contribution in [2.75, 3.05) is 6.54 Å². The van der Waals surface area contributed by atoms with E-state index >= 15 is 0 Å². The Hall–Kier alpha value is -0.430. The van der Waals surface area contributed by atoms with Gasteiger partial charge in [0.1, 0.15) is 0 Å². The van der Waals surface area contributed by atoms with E-state index in [0.29, 0.717) is 24.0 Å². The van der Waals surface area contributed by atoms with E-state index < -0.39 is 10.0 Å². The zero-order valence-corrected chi connectivity index (χ0v) is 13.7. The quantitative estimate of drug-likeness (QED) is 0.653. The molecule has 0 spiro atoms. The summed E-state index contributed by atoms with van der Waals surface area (Å²) in [5, 5.41) is 5.23. The molecule has 1 aromatic heterocycles. The van der Waals surface area contributed by atoms with Gasteiger partial charge in [0.25, 0.3) is 0 Å². The van der Waals surface area contributed by atoms with Gasteiger partial charge in [-0.1, -0.05) is 26.2 Å². The molecule has 1 aliphatic rings. The zero-order valence-electron chi connectivity index (χ0n) is 12.0. The number of sulfonamides is 1. The first-order chi connectivity index (χ1) is 9.63. The van der Waals surface area contributed by atoms with Gasteiger partial charge in [0.2, 0.25) is 10.0 Å². The standard InChI is InChI=1S/C14H24N2O2S2/c1-2-3-4-5-9-16-20(17,18)14-8-10-19-13(14)11-15-12-6-7-12/h8,10,12,15-16H,2-7,9,11H2,1H3. The van der Waals surface area contributed by atoms with Crippen LogP contribution in [0.3, 0.4) is 0 Å². The number of thiophene rings is 1. The van der Waals surface area contributed by atoms with E-state index in [1.807, 2.05) is 5.38 Å². The summed E-state index contributed by atoms with van der Waals surface area (Å²) < 4.78 is 27.3. The molecule has 6 heteroatoms. The first-order valence-corrected chi connectivity index (χ1v) is 9.79. The first kappa shape index (κ1) is 15.9. The lowest BCUT2D eigenvalue weighted by molar-refractivity contribution is 0.572. The fourth-order valence-corrected chi connectivity index (χ4v) is 4.52. The van der Waals surface area contributed by atoms with Gasteiger partial charge in [-0.05, 0) is 30.7 Å². The molecule has 0 aromatic carbocycles. The second kappa shape index (κ2) is 7.54. The van der Waals surface area contributed by atoms with Crippen LogP contribution in [0, 0.1) is 0 Å². The average Bonchev–Trinajstić information content (AvgIpc) is 3.12. The molecule has 1 fully saturated rings. The highest BCUT2D eigenvalue weighted by molar-refractivity contribution is 7.89. The van der Waals surface area contributed by atoms with Crippen molar-refractivity contribution in [3.63, 3.8) is 0 Å². The summed E-state index contributed by atoms with van der Waals surface area (Å²) in [7, 11) is -3.34. The Labute approximate surface area is 126 Å². The van der Waals surface area contributed by atoms with Gasteiger partial charge in [-0.3, -0.25) is 0 Å². The van der Waals surface area contributed by atoms with Crippen LogP contribution in [-0.2, 0) is 16.6 Å². The predicted octanol–water partition coefficient (Wildman–Crippen LogP) is 2.86. The number of nitrogens with one attached hydrogen (secondary N) is 2. The van der Waals surface area contributed by atoms with Crippen molar-refractivity contribution in [1.82, 2.24) is 10.0 Å². The molecule has 1 heterocycles. The van der Waals surface area contributed by atoms with Crippen molar-refractivity contribution in [2.45, 2.75) is 62.9 Å². The third-order valence-corrected chi connectivity index (χ3v) is 6.04. The molecule has 0 radical (unpaired) electrons. The summed E-state index contributed by atoms with van der Waals surface area (Å²) in [6, 6.07) is 2.30. The van der Waals surface area contributed by atoms with E-state index in [1.54, 1.807) is 6.07 Å². The highest BCUT2D eigenvalue weighted by Crippen LogP contribution is 2.24. The second-order valence-electron chi connectivity index (χ2n) is 5.32. The Bertz CT molecular complexity index is 507. The summed E-state index contributed by atoms with van der Waals surface area (Å²) in [6.45, 7) is 3.34. The molecule has 4 nitrogen and oxygen atoms in total. The van der Waals surface area contributed by atoms with Crippen molar-refractivity contribution >= 4 is 21.4 Å². The molecular weight excluding hydrogens is 292 g/mol. The fraction of sp³-hybridized carbons (Fsp3) is 0.714. The SMILES string of the molecule is CCCCCCNS(=O)(=O)c1ccsc1CNC1CC1. The van der Waals surface area contributed by atoms with Gasteiger partial charge in [-0.25, -0.2) is 13.1 Å². The Morgan fingerprint density at radius 1 is 1.30 bits per heavy atom. The lowest BCUT2D eigenvalue weighted by Crippen LogP contribution is -2.26. The van der Waals surface area contributed by atoms with Crippen LogP contribution in [0.4, 0.5) is 0 Å². The largest absolute Gasteiger partial charge is 0.309 e. The molecule has 0 bridgehead atoms. The van der Waals surface area contributed by atoms with Gasteiger partial charge in [-0.2, -0.15) is 0 Å². The third-order valence-electron chi connectivity index (χ3n) is 3.45. The number of rotatable bonds is 10. The number of unbranched alkanes of at least 4 members (excludes halogenated alkanes) is 3. The summed E-state index contributed by atoms with van der Waals surface area (Å²) in [4.78, 5) is 1.36. The Balaban J connectivity index is 1.85. The summed E-state index contributed by atoms with van der Waals surface area (Å²) in [5.41, 5.74) is 0. The lowest BCUT2D eigenvalue weighted by atomic mass is 10.2. The number of hydrogen-bond acceptors (Lipinski definition) is 4.